The number of hydrogen-bond donors (Lipinski definition) is 2. The summed E-state index contributed by atoms with van der Waals surface area (Å²) in [4.78, 5) is 11.3. The molecule has 17 heavy (non-hydrogen) atoms. The van der Waals surface area contributed by atoms with Crippen molar-refractivity contribution in [2.24, 2.45) is 5.92 Å². The molecule has 102 valence electrons. The van der Waals surface area contributed by atoms with Crippen LogP contribution >= 0.6 is 0 Å². The number of amides is 1. The van der Waals surface area contributed by atoms with Crippen molar-refractivity contribution in [3.05, 3.63) is 0 Å². The van der Waals surface area contributed by atoms with E-state index in [1.165, 1.54) is 0 Å². The summed E-state index contributed by atoms with van der Waals surface area (Å²) in [6.07, 6.45) is 0.519. The van der Waals surface area contributed by atoms with Crippen LogP contribution in [-0.4, -0.2) is 52.5 Å². The Balaban J connectivity index is 3.14. The number of nitrogens with one attached hydrogen (secondary N) is 2. The molecule has 0 heterocycles. The molecule has 0 aliphatic heterocycles. The summed E-state index contributed by atoms with van der Waals surface area (Å²) in [5, 5.41) is 6.03. The maximum Gasteiger partial charge on any atom is 0.221 e. The van der Waals surface area contributed by atoms with E-state index in [1.54, 1.807) is 7.11 Å². The fraction of sp³-hybridized carbons (Fsp3) is 0.917. The van der Waals surface area contributed by atoms with Crippen molar-refractivity contribution in [1.29, 1.82) is 0 Å². The second kappa shape index (κ2) is 11.8. The molecule has 1 amide bonds. The molecule has 0 aromatic heterocycles. The van der Waals surface area contributed by atoms with E-state index in [0.29, 0.717) is 38.7 Å². The minimum atomic E-state index is 0.103. The number of carbonyl (C=O) groups is 1. The van der Waals surface area contributed by atoms with Gasteiger partial charge in [0.15, 0.2) is 0 Å². The van der Waals surface area contributed by atoms with E-state index < -0.39 is 0 Å². The highest BCUT2D eigenvalue weighted by Gasteiger charge is 2.01. The fourth-order valence-electron chi connectivity index (χ4n) is 1.12. The average Bonchev–Trinajstić information content (AvgIpc) is 2.30. The summed E-state index contributed by atoms with van der Waals surface area (Å²) < 4.78 is 10.1. The van der Waals surface area contributed by atoms with E-state index in [1.807, 2.05) is 0 Å². The van der Waals surface area contributed by atoms with Gasteiger partial charge in [-0.25, -0.2) is 0 Å². The van der Waals surface area contributed by atoms with Crippen LogP contribution in [0.1, 0.15) is 20.3 Å². The third kappa shape index (κ3) is 13.3. The van der Waals surface area contributed by atoms with Crippen molar-refractivity contribution in [3.63, 3.8) is 0 Å². The molecule has 0 aliphatic rings. The molecule has 0 aliphatic carbocycles. The molecule has 0 radical (unpaired) electrons. The van der Waals surface area contributed by atoms with Gasteiger partial charge in [-0.1, -0.05) is 13.8 Å². The summed E-state index contributed by atoms with van der Waals surface area (Å²) >= 11 is 0. The summed E-state index contributed by atoms with van der Waals surface area (Å²) in [7, 11) is 1.65. The van der Waals surface area contributed by atoms with E-state index in [4.69, 9.17) is 9.47 Å². The molecule has 5 nitrogen and oxygen atoms in total. The monoisotopic (exact) mass is 246 g/mol. The minimum Gasteiger partial charge on any atom is -0.382 e. The third-order valence-electron chi connectivity index (χ3n) is 2.09. The van der Waals surface area contributed by atoms with Crippen LogP contribution in [-0.2, 0) is 14.3 Å². The number of methoxy groups -OCH3 is 1. The van der Waals surface area contributed by atoms with Gasteiger partial charge in [0.05, 0.1) is 19.8 Å². The van der Waals surface area contributed by atoms with Gasteiger partial charge in [-0.05, 0) is 5.92 Å². The molecule has 0 saturated heterocycles. The van der Waals surface area contributed by atoms with Crippen LogP contribution < -0.4 is 10.6 Å². The third-order valence-corrected chi connectivity index (χ3v) is 2.09. The first kappa shape index (κ1) is 16.4. The number of hydrogen-bond acceptors (Lipinski definition) is 4. The van der Waals surface area contributed by atoms with Gasteiger partial charge in [0.1, 0.15) is 0 Å². The molecule has 0 rings (SSSR count). The number of rotatable bonds is 11. The molecule has 0 spiro atoms. The standard InChI is InChI=1S/C12H26N2O3/c1-11(2)10-14-12(15)4-5-13-6-7-17-9-8-16-3/h11,13H,4-10H2,1-3H3,(H,14,15). The predicted octanol–water partition coefficient (Wildman–Crippen LogP) is 0.401. The van der Waals surface area contributed by atoms with Gasteiger partial charge in [-0.15, -0.1) is 0 Å². The Morgan fingerprint density at radius 1 is 1.18 bits per heavy atom. The van der Waals surface area contributed by atoms with Crippen LogP contribution in [0.5, 0.6) is 0 Å². The lowest BCUT2D eigenvalue weighted by atomic mass is 10.2. The molecule has 0 aromatic rings. The van der Waals surface area contributed by atoms with E-state index >= 15 is 0 Å². The van der Waals surface area contributed by atoms with Crippen LogP contribution in [0.4, 0.5) is 0 Å². The van der Waals surface area contributed by atoms with Crippen LogP contribution in [0.2, 0.25) is 0 Å². The predicted molar refractivity (Wildman–Crippen MR) is 68.0 cm³/mol. The molecule has 0 fully saturated rings. The Morgan fingerprint density at radius 2 is 1.94 bits per heavy atom. The topological polar surface area (TPSA) is 59.6 Å². The molecule has 2 N–H and O–H groups in total. The molecule has 0 atom stereocenters. The number of carbonyl (C=O) groups excluding carboxylic acids is 1. The van der Waals surface area contributed by atoms with Crippen molar-refractivity contribution in [1.82, 2.24) is 10.6 Å². The summed E-state index contributed by atoms with van der Waals surface area (Å²) in [5.41, 5.74) is 0. The van der Waals surface area contributed by atoms with Gasteiger partial charge in [0.2, 0.25) is 5.91 Å². The molecule has 0 saturated carbocycles. The quantitative estimate of drug-likeness (QED) is 0.518. The lowest BCUT2D eigenvalue weighted by Crippen LogP contribution is -2.31. The maximum absolute atomic E-state index is 11.3. The highest BCUT2D eigenvalue weighted by atomic mass is 16.5. The van der Waals surface area contributed by atoms with Gasteiger partial charge in [-0.2, -0.15) is 0 Å². The van der Waals surface area contributed by atoms with Crippen LogP contribution in [0.3, 0.4) is 0 Å². The van der Waals surface area contributed by atoms with Crippen LogP contribution in [0.25, 0.3) is 0 Å². The Morgan fingerprint density at radius 3 is 2.59 bits per heavy atom. The van der Waals surface area contributed by atoms with Crippen LogP contribution in [0, 0.1) is 5.92 Å². The zero-order chi connectivity index (χ0) is 12.9. The second-order valence-electron chi connectivity index (χ2n) is 4.30. The molecule has 0 unspecified atom stereocenters. The zero-order valence-electron chi connectivity index (χ0n) is 11.3. The largest absolute Gasteiger partial charge is 0.382 e. The lowest BCUT2D eigenvalue weighted by Gasteiger charge is -2.08. The van der Waals surface area contributed by atoms with Crippen molar-refractivity contribution < 1.29 is 14.3 Å². The van der Waals surface area contributed by atoms with E-state index in [2.05, 4.69) is 24.5 Å². The van der Waals surface area contributed by atoms with Crippen molar-refractivity contribution in [3.8, 4) is 0 Å². The first-order valence-corrected chi connectivity index (χ1v) is 6.21. The Hall–Kier alpha value is -0.650. The molecular formula is C12H26N2O3. The SMILES string of the molecule is COCCOCCNCCC(=O)NCC(C)C. The lowest BCUT2D eigenvalue weighted by molar-refractivity contribution is -0.121. The smallest absolute Gasteiger partial charge is 0.221 e. The second-order valence-corrected chi connectivity index (χ2v) is 4.30. The average molecular weight is 246 g/mol. The zero-order valence-corrected chi connectivity index (χ0v) is 11.3. The van der Waals surface area contributed by atoms with Gasteiger partial charge in [-0.3, -0.25) is 4.79 Å². The van der Waals surface area contributed by atoms with Crippen molar-refractivity contribution in [2.45, 2.75) is 20.3 Å². The van der Waals surface area contributed by atoms with Crippen molar-refractivity contribution >= 4 is 5.91 Å². The summed E-state index contributed by atoms with van der Waals surface area (Å²) in [6.45, 7) is 8.26. The van der Waals surface area contributed by atoms with E-state index in [9.17, 15) is 4.79 Å². The first-order chi connectivity index (χ1) is 8.16. The van der Waals surface area contributed by atoms with Gasteiger partial charge in [0.25, 0.3) is 0 Å². The highest BCUT2D eigenvalue weighted by Crippen LogP contribution is 1.87. The van der Waals surface area contributed by atoms with Crippen molar-refractivity contribution in [2.75, 3.05) is 46.6 Å². The summed E-state index contributed by atoms with van der Waals surface area (Å²) in [5.74, 6) is 0.604. The minimum absolute atomic E-state index is 0.103. The Labute approximate surface area is 104 Å². The first-order valence-electron chi connectivity index (χ1n) is 6.21. The molecule has 0 aromatic carbocycles. The Kier molecular flexibility index (Phi) is 11.4. The summed E-state index contributed by atoms with van der Waals surface area (Å²) in [6, 6.07) is 0. The molecular weight excluding hydrogens is 220 g/mol. The Bertz CT molecular complexity index is 187. The highest BCUT2D eigenvalue weighted by molar-refractivity contribution is 5.76. The van der Waals surface area contributed by atoms with Gasteiger partial charge < -0.3 is 20.1 Å². The molecule has 5 heteroatoms. The normalized spacial score (nSPS) is 10.8. The molecule has 0 bridgehead atoms. The maximum atomic E-state index is 11.3. The van der Waals surface area contributed by atoms with Gasteiger partial charge >= 0.3 is 0 Å². The van der Waals surface area contributed by atoms with Gasteiger partial charge in [0, 0.05) is 33.2 Å². The van der Waals surface area contributed by atoms with E-state index in [-0.39, 0.29) is 5.91 Å². The van der Waals surface area contributed by atoms with E-state index in [0.717, 1.165) is 13.1 Å². The van der Waals surface area contributed by atoms with Crippen LogP contribution in [0.15, 0.2) is 0 Å². The number of ether oxygens (including phenoxy) is 2. The fourth-order valence-corrected chi connectivity index (χ4v) is 1.12.